The molecule has 1 aromatic carbocycles. The van der Waals surface area contributed by atoms with Crippen LogP contribution in [0.3, 0.4) is 0 Å². The molecule has 2 aliphatic rings. The summed E-state index contributed by atoms with van der Waals surface area (Å²) in [5.41, 5.74) is 1.70. The average molecular weight is 394 g/mol. The van der Waals surface area contributed by atoms with Crippen LogP contribution in [-0.4, -0.2) is 69.4 Å². The lowest BCUT2D eigenvalue weighted by Crippen LogP contribution is -2.51. The summed E-state index contributed by atoms with van der Waals surface area (Å²) >= 11 is 0. The number of likely N-dealkylation sites (tertiary alicyclic amines) is 1. The number of anilines is 1. The van der Waals surface area contributed by atoms with Gasteiger partial charge in [-0.05, 0) is 5.56 Å². The molecule has 9 heteroatoms. The molecule has 9 nitrogen and oxygen atoms in total. The Labute approximate surface area is 167 Å². The summed E-state index contributed by atoms with van der Waals surface area (Å²) in [6, 6.07) is 9.79. The molecule has 29 heavy (non-hydrogen) atoms. The predicted octanol–water partition coefficient (Wildman–Crippen LogP) is 1.03. The zero-order valence-corrected chi connectivity index (χ0v) is 16.2. The van der Waals surface area contributed by atoms with Crippen LogP contribution in [0.15, 0.2) is 41.3 Å². The molecule has 0 bridgehead atoms. The van der Waals surface area contributed by atoms with Crippen molar-refractivity contribution in [1.82, 2.24) is 24.0 Å². The molecule has 0 aliphatic carbocycles. The van der Waals surface area contributed by atoms with Crippen LogP contribution in [0, 0.1) is 0 Å². The van der Waals surface area contributed by atoms with E-state index in [1.165, 1.54) is 14.7 Å². The summed E-state index contributed by atoms with van der Waals surface area (Å²) in [7, 11) is 1.63. The van der Waals surface area contributed by atoms with Crippen LogP contribution < -0.4 is 10.6 Å². The first-order chi connectivity index (χ1) is 14.1. The van der Waals surface area contributed by atoms with Gasteiger partial charge in [0.05, 0.1) is 19.4 Å². The molecule has 5 rings (SSSR count). The molecule has 0 unspecified atom stereocenters. The number of morpholine rings is 1. The van der Waals surface area contributed by atoms with Crippen LogP contribution in [0.2, 0.25) is 0 Å². The maximum absolute atomic E-state index is 13.0. The van der Waals surface area contributed by atoms with Crippen LogP contribution in [0.1, 0.15) is 11.5 Å². The van der Waals surface area contributed by atoms with Crippen molar-refractivity contribution in [3.05, 3.63) is 52.6 Å². The lowest BCUT2D eigenvalue weighted by molar-refractivity contribution is 0.122. The predicted molar refractivity (Wildman–Crippen MR) is 107 cm³/mol. The number of carbonyl (C=O) groups excluding carboxylic acids is 1. The molecular formula is C20H22N6O3. The monoisotopic (exact) mass is 394 g/mol. The first-order valence-electron chi connectivity index (χ1n) is 9.75. The molecule has 2 aliphatic heterocycles. The summed E-state index contributed by atoms with van der Waals surface area (Å²) in [6.07, 6.45) is 1.57. The van der Waals surface area contributed by atoms with Crippen LogP contribution in [0.4, 0.5) is 10.7 Å². The van der Waals surface area contributed by atoms with Crippen LogP contribution in [0.25, 0.3) is 11.2 Å². The van der Waals surface area contributed by atoms with Crippen molar-refractivity contribution < 1.29 is 9.53 Å². The number of carbonyl (C=O) groups is 1. The summed E-state index contributed by atoms with van der Waals surface area (Å²) in [4.78, 5) is 38.5. The van der Waals surface area contributed by atoms with E-state index < -0.39 is 5.69 Å². The number of hydrogen-bond acceptors (Lipinski definition) is 6. The molecule has 0 N–H and O–H groups in total. The van der Waals surface area contributed by atoms with E-state index in [2.05, 4.69) is 22.1 Å². The van der Waals surface area contributed by atoms with Crippen molar-refractivity contribution in [2.24, 2.45) is 7.05 Å². The molecule has 0 spiro atoms. The zero-order valence-electron chi connectivity index (χ0n) is 16.2. The van der Waals surface area contributed by atoms with Crippen molar-refractivity contribution in [2.45, 2.75) is 5.92 Å². The minimum absolute atomic E-state index is 0.301. The number of rotatable bonds is 2. The molecule has 2 aromatic heterocycles. The van der Waals surface area contributed by atoms with Gasteiger partial charge in [-0.1, -0.05) is 30.3 Å². The third-order valence-corrected chi connectivity index (χ3v) is 5.68. The van der Waals surface area contributed by atoms with Crippen LogP contribution in [0.5, 0.6) is 0 Å². The molecule has 4 heterocycles. The third kappa shape index (κ3) is 2.98. The van der Waals surface area contributed by atoms with E-state index in [4.69, 9.17) is 4.74 Å². The van der Waals surface area contributed by atoms with Gasteiger partial charge in [0.1, 0.15) is 5.52 Å². The van der Waals surface area contributed by atoms with Gasteiger partial charge < -0.3 is 14.5 Å². The fourth-order valence-corrected chi connectivity index (χ4v) is 3.92. The van der Waals surface area contributed by atoms with E-state index >= 15 is 0 Å². The molecule has 2 saturated heterocycles. The summed E-state index contributed by atoms with van der Waals surface area (Å²) in [5, 5.41) is 0. The topological polar surface area (TPSA) is 85.5 Å². The second-order valence-electron chi connectivity index (χ2n) is 7.45. The Morgan fingerprint density at radius 1 is 1.14 bits per heavy atom. The van der Waals surface area contributed by atoms with E-state index in [9.17, 15) is 9.59 Å². The average Bonchev–Trinajstić information content (AvgIpc) is 2.98. The van der Waals surface area contributed by atoms with E-state index in [0.29, 0.717) is 62.4 Å². The Bertz CT molecular complexity index is 1110. The Kier molecular flexibility index (Phi) is 4.31. The SMILES string of the molecule is Cn1c(=O)n(C(=O)N2CC(c3ccccc3)C2)c2cnc(N3CCOCC3)nc21. The van der Waals surface area contributed by atoms with Crippen molar-refractivity contribution in [3.8, 4) is 0 Å². The quantitative estimate of drug-likeness (QED) is 0.646. The summed E-state index contributed by atoms with van der Waals surface area (Å²) in [5.74, 6) is 0.851. The highest BCUT2D eigenvalue weighted by atomic mass is 16.5. The zero-order chi connectivity index (χ0) is 20.0. The van der Waals surface area contributed by atoms with E-state index in [0.717, 1.165) is 0 Å². The number of benzene rings is 1. The Morgan fingerprint density at radius 3 is 2.59 bits per heavy atom. The first kappa shape index (κ1) is 17.9. The maximum atomic E-state index is 13.0. The standard InChI is InChI=1S/C20H22N6O3/c1-23-17-16(11-21-18(22-17)24-7-9-29-10-8-24)26(19(23)27)20(28)25-12-15(13-25)14-5-3-2-4-6-14/h2-6,11,15H,7-10,12-13H2,1H3. The highest BCUT2D eigenvalue weighted by Gasteiger charge is 2.34. The van der Waals surface area contributed by atoms with Crippen molar-refractivity contribution in [1.29, 1.82) is 0 Å². The van der Waals surface area contributed by atoms with Gasteiger partial charge in [-0.3, -0.25) is 4.57 Å². The van der Waals surface area contributed by atoms with E-state index in [1.54, 1.807) is 18.1 Å². The molecule has 150 valence electrons. The molecule has 0 atom stereocenters. The molecular weight excluding hydrogens is 372 g/mol. The van der Waals surface area contributed by atoms with Gasteiger partial charge in [-0.2, -0.15) is 4.98 Å². The van der Waals surface area contributed by atoms with Crippen LogP contribution >= 0.6 is 0 Å². The maximum Gasteiger partial charge on any atom is 0.338 e. The van der Waals surface area contributed by atoms with Gasteiger partial charge in [0.25, 0.3) is 0 Å². The van der Waals surface area contributed by atoms with Gasteiger partial charge >= 0.3 is 11.7 Å². The fraction of sp³-hybridized carbons (Fsp3) is 0.400. The Hall–Kier alpha value is -3.20. The van der Waals surface area contributed by atoms with Gasteiger partial charge in [0.15, 0.2) is 5.65 Å². The van der Waals surface area contributed by atoms with Crippen LogP contribution in [-0.2, 0) is 11.8 Å². The van der Waals surface area contributed by atoms with Gasteiger partial charge in [-0.15, -0.1) is 0 Å². The first-order valence-corrected chi connectivity index (χ1v) is 9.75. The second-order valence-corrected chi connectivity index (χ2v) is 7.45. The Balaban J connectivity index is 1.42. The minimum Gasteiger partial charge on any atom is -0.378 e. The number of imidazole rings is 1. The van der Waals surface area contributed by atoms with Gasteiger partial charge in [-0.25, -0.2) is 19.1 Å². The van der Waals surface area contributed by atoms with E-state index in [1.807, 2.05) is 23.1 Å². The summed E-state index contributed by atoms with van der Waals surface area (Å²) in [6.45, 7) is 3.84. The van der Waals surface area contributed by atoms with Gasteiger partial charge in [0.2, 0.25) is 5.95 Å². The number of nitrogens with zero attached hydrogens (tertiary/aromatic N) is 6. The number of amides is 1. The van der Waals surface area contributed by atoms with Crippen molar-refractivity contribution in [3.63, 3.8) is 0 Å². The molecule has 0 saturated carbocycles. The van der Waals surface area contributed by atoms with Gasteiger partial charge in [0, 0.05) is 39.1 Å². The number of aromatic nitrogens is 4. The lowest BCUT2D eigenvalue weighted by Gasteiger charge is -2.39. The number of ether oxygens (including phenoxy) is 1. The Morgan fingerprint density at radius 2 is 1.86 bits per heavy atom. The largest absolute Gasteiger partial charge is 0.378 e. The highest BCUT2D eigenvalue weighted by Crippen LogP contribution is 2.27. The molecule has 3 aromatic rings. The smallest absolute Gasteiger partial charge is 0.338 e. The number of aryl methyl sites for hydroxylation is 1. The molecule has 0 radical (unpaired) electrons. The third-order valence-electron chi connectivity index (χ3n) is 5.68. The summed E-state index contributed by atoms with van der Waals surface area (Å²) < 4.78 is 7.96. The molecule has 1 amide bonds. The highest BCUT2D eigenvalue weighted by molar-refractivity contribution is 5.88. The number of hydrogen-bond donors (Lipinski definition) is 0. The van der Waals surface area contributed by atoms with E-state index in [-0.39, 0.29) is 6.03 Å². The van der Waals surface area contributed by atoms with Crippen molar-refractivity contribution >= 4 is 23.1 Å². The lowest BCUT2D eigenvalue weighted by atomic mass is 9.92. The number of fused-ring (bicyclic) bond motifs is 1. The minimum atomic E-state index is -0.401. The normalized spacial score (nSPS) is 17.6. The van der Waals surface area contributed by atoms with Crippen molar-refractivity contribution in [2.75, 3.05) is 44.3 Å². The second kappa shape index (κ2) is 7.00. The fourth-order valence-electron chi connectivity index (χ4n) is 3.92. The molecule has 2 fully saturated rings.